The number of benzene rings is 4. The molecule has 0 spiro atoms. The van der Waals surface area contributed by atoms with E-state index in [4.69, 9.17) is 20.3 Å². The summed E-state index contributed by atoms with van der Waals surface area (Å²) in [6.07, 6.45) is 3.40. The number of aromatic carboxylic acids is 1. The molecule has 0 radical (unpaired) electrons. The Morgan fingerprint density at radius 1 is 0.711 bits per heavy atom. The van der Waals surface area contributed by atoms with Gasteiger partial charge in [-0.1, -0.05) is 60.7 Å². The number of carboxylic acid groups (broad SMARTS) is 1. The number of nitrogen functional groups attached to an aromatic ring is 1. The van der Waals surface area contributed by atoms with Crippen molar-refractivity contribution in [3.05, 3.63) is 145 Å². The molecule has 0 fully saturated rings. The Labute approximate surface area is 267 Å². The van der Waals surface area contributed by atoms with Crippen LogP contribution in [0.25, 0.3) is 0 Å². The van der Waals surface area contributed by atoms with Crippen LogP contribution in [0.4, 0.5) is 11.4 Å². The fourth-order valence-electron chi connectivity index (χ4n) is 3.49. The molecule has 1 amide bonds. The minimum atomic E-state index is -0.961. The monoisotopic (exact) mass is 608 g/mol. The number of anilines is 2. The lowest BCUT2D eigenvalue weighted by molar-refractivity contribution is 0.0695. The molecule has 0 unspecified atom stereocenters. The van der Waals surface area contributed by atoms with E-state index in [1.54, 1.807) is 42.5 Å². The van der Waals surface area contributed by atoms with E-state index in [1.165, 1.54) is 17.7 Å². The number of carbonyl (C=O) groups is 2. The van der Waals surface area contributed by atoms with Gasteiger partial charge >= 0.3 is 5.97 Å². The number of hydrogen-bond acceptors (Lipinski definition) is 5. The maximum Gasteiger partial charge on any atom is 0.335 e. The molecular formula is C38H44N2O5. The third kappa shape index (κ3) is 13.3. The smallest absolute Gasteiger partial charge is 0.335 e. The molecule has 0 atom stereocenters. The first kappa shape index (κ1) is 35.9. The van der Waals surface area contributed by atoms with E-state index in [9.17, 15) is 9.59 Å². The second kappa shape index (κ2) is 16.5. The lowest BCUT2D eigenvalue weighted by atomic mass is 10.1. The van der Waals surface area contributed by atoms with Crippen LogP contribution in [0.1, 0.15) is 59.5 Å². The molecule has 0 aromatic heterocycles. The van der Waals surface area contributed by atoms with Crippen molar-refractivity contribution in [1.82, 2.24) is 0 Å². The van der Waals surface area contributed by atoms with Gasteiger partial charge in [0.1, 0.15) is 22.7 Å². The Kier molecular flexibility index (Phi) is 13.2. The number of amides is 1. The molecule has 4 aromatic carbocycles. The summed E-state index contributed by atoms with van der Waals surface area (Å²) in [5.41, 5.74) is 9.22. The predicted octanol–water partition coefficient (Wildman–Crippen LogP) is 8.90. The van der Waals surface area contributed by atoms with Gasteiger partial charge in [-0.25, -0.2) is 4.79 Å². The van der Waals surface area contributed by atoms with Crippen molar-refractivity contribution in [1.29, 1.82) is 0 Å². The van der Waals surface area contributed by atoms with Gasteiger partial charge in [-0.15, -0.1) is 0 Å². The van der Waals surface area contributed by atoms with Gasteiger partial charge in [0.25, 0.3) is 5.91 Å². The molecule has 236 valence electrons. The quantitative estimate of drug-likeness (QED) is 0.129. The summed E-state index contributed by atoms with van der Waals surface area (Å²) in [7, 11) is 0. The SMILES string of the molecule is C=CC(C)(C)Oc1cccc(C(=O)Nc2ccc(C)cc2)c1.C=CC(C)(C)Oc1cccc(C(=O)O)c1.Cc1ccc(N)cc1. The minimum Gasteiger partial charge on any atom is -0.484 e. The van der Waals surface area contributed by atoms with E-state index < -0.39 is 17.2 Å². The first-order valence-electron chi connectivity index (χ1n) is 14.4. The maximum atomic E-state index is 12.3. The van der Waals surface area contributed by atoms with Crippen molar-refractivity contribution >= 4 is 23.3 Å². The summed E-state index contributed by atoms with van der Waals surface area (Å²) < 4.78 is 11.4. The van der Waals surface area contributed by atoms with Crippen LogP contribution in [0.15, 0.2) is 122 Å². The molecule has 4 rings (SSSR count). The van der Waals surface area contributed by atoms with Gasteiger partial charge in [0.05, 0.1) is 5.56 Å². The van der Waals surface area contributed by atoms with Crippen LogP contribution >= 0.6 is 0 Å². The fourth-order valence-corrected chi connectivity index (χ4v) is 3.49. The van der Waals surface area contributed by atoms with E-state index >= 15 is 0 Å². The fraction of sp³-hybridized carbons (Fsp3) is 0.211. The summed E-state index contributed by atoms with van der Waals surface area (Å²) in [5.74, 6) is 0.0452. The summed E-state index contributed by atoms with van der Waals surface area (Å²) in [6, 6.07) is 29.0. The number of nitrogens with one attached hydrogen (secondary N) is 1. The largest absolute Gasteiger partial charge is 0.484 e. The summed E-state index contributed by atoms with van der Waals surface area (Å²) >= 11 is 0. The summed E-state index contributed by atoms with van der Waals surface area (Å²) in [4.78, 5) is 23.0. The van der Waals surface area contributed by atoms with Gasteiger partial charge in [-0.2, -0.15) is 0 Å². The lowest BCUT2D eigenvalue weighted by Crippen LogP contribution is -2.24. The van der Waals surface area contributed by atoms with Crippen LogP contribution < -0.4 is 20.5 Å². The zero-order valence-corrected chi connectivity index (χ0v) is 27.0. The van der Waals surface area contributed by atoms with Crippen molar-refractivity contribution in [3.63, 3.8) is 0 Å². The van der Waals surface area contributed by atoms with Gasteiger partial charge < -0.3 is 25.6 Å². The number of carbonyl (C=O) groups excluding carboxylic acids is 1. The van der Waals surface area contributed by atoms with Crippen LogP contribution in [0.2, 0.25) is 0 Å². The normalized spacial score (nSPS) is 10.5. The van der Waals surface area contributed by atoms with Crippen LogP contribution in [-0.2, 0) is 0 Å². The van der Waals surface area contributed by atoms with Crippen molar-refractivity contribution < 1.29 is 24.2 Å². The molecule has 4 aromatic rings. The van der Waals surface area contributed by atoms with Crippen LogP contribution in [0, 0.1) is 13.8 Å². The predicted molar refractivity (Wildman–Crippen MR) is 184 cm³/mol. The van der Waals surface area contributed by atoms with Crippen molar-refractivity contribution in [2.75, 3.05) is 11.1 Å². The highest BCUT2D eigenvalue weighted by atomic mass is 16.5. The Bertz CT molecular complexity index is 1550. The highest BCUT2D eigenvalue weighted by molar-refractivity contribution is 6.04. The first-order valence-corrected chi connectivity index (χ1v) is 14.4. The average molecular weight is 609 g/mol. The first-order chi connectivity index (χ1) is 21.1. The Morgan fingerprint density at radius 2 is 1.13 bits per heavy atom. The van der Waals surface area contributed by atoms with Gasteiger partial charge in [0, 0.05) is 16.9 Å². The Hall–Kier alpha value is -5.30. The molecule has 0 aliphatic rings. The van der Waals surface area contributed by atoms with E-state index in [0.29, 0.717) is 17.1 Å². The zero-order chi connectivity index (χ0) is 33.6. The number of nitrogens with two attached hydrogens (primary N) is 1. The van der Waals surface area contributed by atoms with E-state index in [2.05, 4.69) is 18.5 Å². The lowest BCUT2D eigenvalue weighted by Gasteiger charge is -2.22. The number of hydrogen-bond donors (Lipinski definition) is 3. The molecule has 0 saturated carbocycles. The molecule has 7 nitrogen and oxygen atoms in total. The molecular weight excluding hydrogens is 564 g/mol. The number of ether oxygens (including phenoxy) is 2. The Balaban J connectivity index is 0.000000263. The average Bonchev–Trinajstić information content (AvgIpc) is 3.00. The van der Waals surface area contributed by atoms with Gasteiger partial charge in [0.2, 0.25) is 0 Å². The number of carboxylic acids is 1. The molecule has 45 heavy (non-hydrogen) atoms. The molecule has 0 bridgehead atoms. The zero-order valence-electron chi connectivity index (χ0n) is 27.0. The summed E-state index contributed by atoms with van der Waals surface area (Å²) in [5, 5.41) is 11.7. The van der Waals surface area contributed by atoms with Crippen molar-refractivity contribution in [2.24, 2.45) is 0 Å². The van der Waals surface area contributed by atoms with Crippen LogP contribution in [0.3, 0.4) is 0 Å². The summed E-state index contributed by atoms with van der Waals surface area (Å²) in [6.45, 7) is 19.0. The van der Waals surface area contributed by atoms with Crippen molar-refractivity contribution in [2.45, 2.75) is 52.7 Å². The number of rotatable bonds is 9. The van der Waals surface area contributed by atoms with Crippen LogP contribution in [0.5, 0.6) is 11.5 Å². The molecule has 0 aliphatic heterocycles. The number of aryl methyl sites for hydroxylation is 2. The minimum absolute atomic E-state index is 0.161. The van der Waals surface area contributed by atoms with Crippen LogP contribution in [-0.4, -0.2) is 28.2 Å². The standard InChI is InChI=1S/C19H21NO2.C12H14O3.C7H9N/c1-5-19(3,4)22-17-8-6-7-15(13-17)18(21)20-16-11-9-14(2)10-12-16;1-4-12(2,3)15-10-7-5-6-9(8-10)11(13)14;1-6-2-4-7(8)5-3-6/h5-13H,1H2,2-4H3,(H,20,21);4-8H,1H2,2-3H3,(H,13,14);2-5H,8H2,1H3. The second-order valence-electron chi connectivity index (χ2n) is 11.4. The molecule has 0 heterocycles. The third-order valence-corrected chi connectivity index (χ3v) is 6.31. The van der Waals surface area contributed by atoms with Crippen molar-refractivity contribution in [3.8, 4) is 11.5 Å². The van der Waals surface area contributed by atoms with E-state index in [1.807, 2.05) is 96.1 Å². The molecule has 7 heteroatoms. The molecule has 4 N–H and O–H groups in total. The second-order valence-corrected chi connectivity index (χ2v) is 11.4. The van der Waals surface area contributed by atoms with E-state index in [0.717, 1.165) is 16.9 Å². The highest BCUT2D eigenvalue weighted by Crippen LogP contribution is 2.22. The third-order valence-electron chi connectivity index (χ3n) is 6.31. The highest BCUT2D eigenvalue weighted by Gasteiger charge is 2.16. The topological polar surface area (TPSA) is 111 Å². The van der Waals surface area contributed by atoms with Gasteiger partial charge in [0.15, 0.2) is 0 Å². The molecule has 0 saturated heterocycles. The Morgan fingerprint density at radius 3 is 1.56 bits per heavy atom. The van der Waals surface area contributed by atoms with Gasteiger partial charge in [-0.05, 0) is 114 Å². The maximum absolute atomic E-state index is 12.3. The molecule has 0 aliphatic carbocycles. The van der Waals surface area contributed by atoms with E-state index in [-0.39, 0.29) is 11.5 Å². The van der Waals surface area contributed by atoms with Gasteiger partial charge in [-0.3, -0.25) is 4.79 Å².